The van der Waals surface area contributed by atoms with Crippen LogP contribution in [0, 0.1) is 0 Å². The van der Waals surface area contributed by atoms with Gasteiger partial charge in [-0.25, -0.2) is 0 Å². The third-order valence-corrected chi connectivity index (χ3v) is 0.659. The second-order valence-corrected chi connectivity index (χ2v) is 1.27. The van der Waals surface area contributed by atoms with E-state index in [2.05, 4.69) is 18.9 Å². The summed E-state index contributed by atoms with van der Waals surface area (Å²) >= 11 is 0. The fraction of sp³-hybridized carbons (Fsp3) is 0.600. The maximum absolute atomic E-state index is 3.58. The molecule has 6 heavy (non-hydrogen) atoms. The zero-order valence-corrected chi connectivity index (χ0v) is 4.28. The molecule has 0 aliphatic rings. The van der Waals surface area contributed by atoms with Crippen LogP contribution in [0.25, 0.3) is 0 Å². The molecular formula is C5H12N+. The Morgan fingerprint density at radius 3 is 2.67 bits per heavy atom. The van der Waals surface area contributed by atoms with Crippen LogP contribution in [-0.2, 0) is 0 Å². The quantitative estimate of drug-likeness (QED) is 0.360. The molecule has 0 saturated carbocycles. The standard InChI is InChI=1S/C5H11N/c1-3-4-5-6-2/h3,6H,1,4-5H2,2H3/p+1. The van der Waals surface area contributed by atoms with Gasteiger partial charge in [-0.05, 0) is 0 Å². The van der Waals surface area contributed by atoms with Crippen molar-refractivity contribution in [3.8, 4) is 0 Å². The number of rotatable bonds is 3. The highest BCUT2D eigenvalue weighted by atomic mass is 14.8. The van der Waals surface area contributed by atoms with Gasteiger partial charge in [-0.3, -0.25) is 0 Å². The third-order valence-electron chi connectivity index (χ3n) is 0.659. The Morgan fingerprint density at radius 1 is 1.83 bits per heavy atom. The second kappa shape index (κ2) is 4.70. The molecule has 0 aromatic carbocycles. The van der Waals surface area contributed by atoms with Crippen LogP contribution in [-0.4, -0.2) is 13.6 Å². The van der Waals surface area contributed by atoms with Gasteiger partial charge in [0.2, 0.25) is 0 Å². The summed E-state index contributed by atoms with van der Waals surface area (Å²) in [4.78, 5) is 0. The van der Waals surface area contributed by atoms with Crippen molar-refractivity contribution in [1.82, 2.24) is 0 Å². The van der Waals surface area contributed by atoms with Gasteiger partial charge < -0.3 is 5.32 Å². The average Bonchev–Trinajstić information content (AvgIpc) is 1.61. The molecule has 0 saturated heterocycles. The highest BCUT2D eigenvalue weighted by molar-refractivity contribution is 4.63. The SMILES string of the molecule is C=CCC[NH2+]C. The monoisotopic (exact) mass is 86.1 g/mol. The van der Waals surface area contributed by atoms with Crippen LogP contribution in [0.2, 0.25) is 0 Å². The lowest BCUT2D eigenvalue weighted by atomic mass is 10.4. The molecule has 0 amide bonds. The predicted octanol–water partition coefficient (Wildman–Crippen LogP) is -0.244. The molecule has 0 aliphatic heterocycles. The largest absolute Gasteiger partial charge is 0.348 e. The van der Waals surface area contributed by atoms with Crippen molar-refractivity contribution in [3.05, 3.63) is 12.7 Å². The molecule has 0 heterocycles. The minimum absolute atomic E-state index is 1.12. The van der Waals surface area contributed by atoms with E-state index in [0.717, 1.165) is 6.42 Å². The van der Waals surface area contributed by atoms with Crippen LogP contribution in [0.3, 0.4) is 0 Å². The summed E-state index contributed by atoms with van der Waals surface area (Å²) in [5.74, 6) is 0. The van der Waals surface area contributed by atoms with E-state index in [1.54, 1.807) is 0 Å². The highest BCUT2D eigenvalue weighted by Crippen LogP contribution is 1.66. The van der Waals surface area contributed by atoms with Crippen molar-refractivity contribution in [3.63, 3.8) is 0 Å². The van der Waals surface area contributed by atoms with Gasteiger partial charge in [0.25, 0.3) is 0 Å². The molecule has 36 valence electrons. The van der Waals surface area contributed by atoms with E-state index in [9.17, 15) is 0 Å². The first kappa shape index (κ1) is 5.70. The van der Waals surface area contributed by atoms with Crippen molar-refractivity contribution in [1.29, 1.82) is 0 Å². The number of hydrogen-bond acceptors (Lipinski definition) is 0. The van der Waals surface area contributed by atoms with Gasteiger partial charge in [-0.2, -0.15) is 0 Å². The maximum Gasteiger partial charge on any atom is 0.0788 e. The van der Waals surface area contributed by atoms with Gasteiger partial charge >= 0.3 is 0 Å². The summed E-state index contributed by atoms with van der Waals surface area (Å²) in [5, 5.41) is 2.14. The molecule has 0 unspecified atom stereocenters. The Hall–Kier alpha value is -0.300. The molecule has 0 aliphatic carbocycles. The summed E-state index contributed by atoms with van der Waals surface area (Å²) < 4.78 is 0. The predicted molar refractivity (Wildman–Crippen MR) is 27.5 cm³/mol. The van der Waals surface area contributed by atoms with Crippen LogP contribution in [0.5, 0.6) is 0 Å². The molecule has 0 aromatic rings. The van der Waals surface area contributed by atoms with E-state index in [-0.39, 0.29) is 0 Å². The molecular weight excluding hydrogens is 74.1 g/mol. The zero-order chi connectivity index (χ0) is 4.83. The van der Waals surface area contributed by atoms with Gasteiger partial charge in [0, 0.05) is 6.42 Å². The summed E-state index contributed by atoms with van der Waals surface area (Å²) in [6.45, 7) is 4.75. The summed E-state index contributed by atoms with van der Waals surface area (Å²) in [6, 6.07) is 0. The molecule has 0 rings (SSSR count). The Bertz CT molecular complexity index is 32.9. The van der Waals surface area contributed by atoms with Gasteiger partial charge in [-0.1, -0.05) is 6.08 Å². The van der Waals surface area contributed by atoms with Gasteiger partial charge in [0.1, 0.15) is 0 Å². The Morgan fingerprint density at radius 2 is 2.50 bits per heavy atom. The van der Waals surface area contributed by atoms with Crippen molar-refractivity contribution < 1.29 is 5.32 Å². The number of nitrogens with two attached hydrogens (primary N) is 1. The smallest absolute Gasteiger partial charge is 0.0788 e. The first-order valence-corrected chi connectivity index (χ1v) is 2.30. The lowest BCUT2D eigenvalue weighted by Gasteiger charge is -1.83. The van der Waals surface area contributed by atoms with Crippen LogP contribution < -0.4 is 5.32 Å². The molecule has 0 spiro atoms. The van der Waals surface area contributed by atoms with Crippen molar-refractivity contribution in [2.75, 3.05) is 13.6 Å². The van der Waals surface area contributed by atoms with E-state index >= 15 is 0 Å². The van der Waals surface area contributed by atoms with E-state index in [4.69, 9.17) is 0 Å². The summed E-state index contributed by atoms with van der Waals surface area (Å²) in [5.41, 5.74) is 0. The average molecular weight is 86.2 g/mol. The van der Waals surface area contributed by atoms with Crippen LogP contribution in [0.1, 0.15) is 6.42 Å². The minimum atomic E-state index is 1.12. The van der Waals surface area contributed by atoms with Crippen LogP contribution in [0.4, 0.5) is 0 Å². The Balaban J connectivity index is 2.49. The molecule has 2 N–H and O–H groups in total. The van der Waals surface area contributed by atoms with E-state index in [1.165, 1.54) is 6.54 Å². The molecule has 0 bridgehead atoms. The van der Waals surface area contributed by atoms with Gasteiger partial charge in [0.15, 0.2) is 0 Å². The van der Waals surface area contributed by atoms with Crippen molar-refractivity contribution in [2.45, 2.75) is 6.42 Å². The number of quaternary nitrogens is 1. The first-order valence-electron chi connectivity index (χ1n) is 2.30. The fourth-order valence-corrected chi connectivity index (χ4v) is 0.285. The molecule has 1 heteroatoms. The summed E-state index contributed by atoms with van der Waals surface area (Å²) in [7, 11) is 2.06. The molecule has 0 aromatic heterocycles. The zero-order valence-electron chi connectivity index (χ0n) is 4.28. The first-order chi connectivity index (χ1) is 2.91. The van der Waals surface area contributed by atoms with E-state index < -0.39 is 0 Å². The minimum Gasteiger partial charge on any atom is -0.348 e. The second-order valence-electron chi connectivity index (χ2n) is 1.27. The fourth-order valence-electron chi connectivity index (χ4n) is 0.285. The molecule has 0 atom stereocenters. The molecule has 0 radical (unpaired) electrons. The van der Waals surface area contributed by atoms with Crippen LogP contribution in [0.15, 0.2) is 12.7 Å². The topological polar surface area (TPSA) is 16.6 Å². The van der Waals surface area contributed by atoms with E-state index in [0.29, 0.717) is 0 Å². The Labute approximate surface area is 39.1 Å². The highest BCUT2D eigenvalue weighted by Gasteiger charge is 1.72. The van der Waals surface area contributed by atoms with E-state index in [1.807, 2.05) is 6.08 Å². The lowest BCUT2D eigenvalue weighted by molar-refractivity contribution is -0.626. The van der Waals surface area contributed by atoms with Crippen molar-refractivity contribution >= 4 is 0 Å². The van der Waals surface area contributed by atoms with Crippen molar-refractivity contribution in [2.24, 2.45) is 0 Å². The van der Waals surface area contributed by atoms with Crippen LogP contribution >= 0.6 is 0 Å². The summed E-state index contributed by atoms with van der Waals surface area (Å²) in [6.07, 6.45) is 3.05. The lowest BCUT2D eigenvalue weighted by Crippen LogP contribution is -2.79. The third kappa shape index (κ3) is 3.70. The molecule has 1 nitrogen and oxygen atoms in total. The number of hydrogen-bond donors (Lipinski definition) is 1. The van der Waals surface area contributed by atoms with Gasteiger partial charge in [0.05, 0.1) is 13.6 Å². The van der Waals surface area contributed by atoms with Gasteiger partial charge in [-0.15, -0.1) is 6.58 Å². The maximum atomic E-state index is 3.58. The normalized spacial score (nSPS) is 8.17. The molecule has 0 fully saturated rings. The Kier molecular flexibility index (Phi) is 4.46.